The van der Waals surface area contributed by atoms with Gasteiger partial charge in [0, 0.05) is 45.8 Å². The van der Waals surface area contributed by atoms with Crippen LogP contribution in [0.2, 0.25) is 0 Å². The van der Waals surface area contributed by atoms with Crippen LogP contribution in [0, 0.1) is 16.4 Å². The summed E-state index contributed by atoms with van der Waals surface area (Å²) in [6.07, 6.45) is -0.623. The van der Waals surface area contributed by atoms with Crippen LogP contribution in [0.1, 0.15) is 76.5 Å². The summed E-state index contributed by atoms with van der Waals surface area (Å²) in [5, 5.41) is 28.2. The lowest BCUT2D eigenvalue weighted by atomic mass is 10.0. The van der Waals surface area contributed by atoms with Gasteiger partial charge in [-0.25, -0.2) is 0 Å². The molecule has 2 aromatic carbocycles. The number of likely N-dealkylation sites (tertiary alicyclic amines) is 1. The van der Waals surface area contributed by atoms with Crippen molar-refractivity contribution in [1.29, 1.82) is 0 Å². The minimum Gasteiger partial charge on any atom is -0.507 e. The van der Waals surface area contributed by atoms with E-state index in [1.807, 2.05) is 36.4 Å². The van der Waals surface area contributed by atoms with Crippen LogP contribution in [0.25, 0.3) is 0 Å². The van der Waals surface area contributed by atoms with Crippen molar-refractivity contribution in [3.05, 3.63) is 62.7 Å². The molecule has 8 amide bonds. The highest BCUT2D eigenvalue weighted by molar-refractivity contribution is 14.1. The van der Waals surface area contributed by atoms with E-state index in [4.69, 9.17) is 15.2 Å². The summed E-state index contributed by atoms with van der Waals surface area (Å²) in [6, 6.07) is 4.09. The monoisotopic (exact) mass is 1120 g/mol. The average molecular weight is 1120 g/mol. The number of carbonyl (C=O) groups is 10. The number of likely N-dealkylation sites (N-methyl/N-ethyl adjacent to an activating group) is 1. The molecule has 1 saturated heterocycles. The highest BCUT2D eigenvalue weighted by Gasteiger charge is 2.42. The van der Waals surface area contributed by atoms with Gasteiger partial charge in [0.2, 0.25) is 47.3 Å². The van der Waals surface area contributed by atoms with Gasteiger partial charge in [0.25, 0.3) is 0 Å². The van der Waals surface area contributed by atoms with Gasteiger partial charge in [-0.1, -0.05) is 49.7 Å². The molecule has 0 spiro atoms. The molecule has 396 valence electrons. The van der Waals surface area contributed by atoms with E-state index in [-0.39, 0.29) is 82.3 Å². The predicted molar refractivity (Wildman–Crippen MR) is 272 cm³/mol. The Labute approximate surface area is 433 Å². The van der Waals surface area contributed by atoms with Gasteiger partial charge in [-0.15, -0.1) is 0 Å². The maximum atomic E-state index is 14.4. The number of carbonyl (C=O) groups excluding carboxylic acids is 10. The number of amides is 8. The molecule has 0 unspecified atom stereocenters. The van der Waals surface area contributed by atoms with E-state index in [0.29, 0.717) is 27.8 Å². The first-order chi connectivity index (χ1) is 34.1. The van der Waals surface area contributed by atoms with Gasteiger partial charge in [-0.3, -0.25) is 43.2 Å². The SMILES string of the molecule is CC[C@H](NC(=O)[C@@H](CCC(C)=O)NC(=O)[C@H](Cc1ccc(C)cc1)NC(=O)[C@H](CC(C)=O)NC(=O)COCCOCCN)C(=O)N1C[C@H](C)C[C@H]1C(=O)N[C@@H](Cc1ccc(O)c(I)c1)C(=O)NCC(=O)NC. The second-order valence-corrected chi connectivity index (χ2v) is 19.0. The number of nitrogens with one attached hydrogen (secondary N) is 7. The maximum absolute atomic E-state index is 14.4. The fourth-order valence-electron chi connectivity index (χ4n) is 7.65. The number of nitrogens with two attached hydrogens (primary N) is 1. The molecule has 22 nitrogen and oxygen atoms in total. The molecule has 23 heteroatoms. The van der Waals surface area contributed by atoms with Crippen LogP contribution < -0.4 is 43.0 Å². The fraction of sp³-hybridized carbons (Fsp3) is 0.551. The number of phenolic OH excluding ortho intramolecular Hbond substituents is 1. The van der Waals surface area contributed by atoms with Crippen molar-refractivity contribution in [2.75, 3.05) is 53.1 Å². The molecule has 0 radical (unpaired) electrons. The summed E-state index contributed by atoms with van der Waals surface area (Å²) in [5.74, 6) is -6.55. The molecule has 0 aromatic heterocycles. The Morgan fingerprint density at radius 2 is 1.35 bits per heavy atom. The Bertz CT molecular complexity index is 2230. The number of aromatic hydroxyl groups is 1. The summed E-state index contributed by atoms with van der Waals surface area (Å²) < 4.78 is 11.0. The van der Waals surface area contributed by atoms with Crippen LogP contribution in [-0.4, -0.2) is 158 Å². The van der Waals surface area contributed by atoms with Crippen molar-refractivity contribution < 1.29 is 62.5 Å². The normalized spacial score (nSPS) is 16.2. The minimum absolute atomic E-state index is 0.0214. The third-order valence-corrected chi connectivity index (χ3v) is 12.4. The lowest BCUT2D eigenvalue weighted by Gasteiger charge is -2.30. The second kappa shape index (κ2) is 30.7. The predicted octanol–water partition coefficient (Wildman–Crippen LogP) is -0.636. The van der Waals surface area contributed by atoms with Gasteiger partial charge >= 0.3 is 0 Å². The van der Waals surface area contributed by atoms with Crippen LogP contribution >= 0.6 is 22.6 Å². The number of hydrogen-bond donors (Lipinski definition) is 9. The van der Waals surface area contributed by atoms with Crippen LogP contribution in [0.3, 0.4) is 0 Å². The zero-order valence-corrected chi connectivity index (χ0v) is 43.9. The Balaban J connectivity index is 1.85. The van der Waals surface area contributed by atoms with Crippen LogP contribution in [-0.2, 0) is 70.3 Å². The van der Waals surface area contributed by atoms with Crippen molar-refractivity contribution in [1.82, 2.24) is 42.1 Å². The van der Waals surface area contributed by atoms with Crippen molar-refractivity contribution in [3.8, 4) is 5.75 Å². The maximum Gasteiger partial charge on any atom is 0.246 e. The summed E-state index contributed by atoms with van der Waals surface area (Å²) in [4.78, 5) is 135. The van der Waals surface area contributed by atoms with E-state index in [1.54, 1.807) is 43.3 Å². The third kappa shape index (κ3) is 20.6. The number of benzene rings is 2. The molecular weight excluding hydrogens is 1050 g/mol. The van der Waals surface area contributed by atoms with Crippen LogP contribution in [0.4, 0.5) is 0 Å². The standard InChI is InChI=1S/C49H70IN9O13/c1-7-35(49(70)59-26-29(3)20-40(59)48(69)58-38(44(65)53-25-42(63)52-6)24-33-13-15-41(62)34(50)22-33)55-45(66)36(14-10-30(4)60)56-47(68)39(23-32-11-8-28(2)9-12-32)57-46(67)37(21-31(5)61)54-43(64)27-72-19-18-71-17-16-51/h8-9,11-13,15,22,29,35-40,62H,7,10,14,16-21,23-27,51H2,1-6H3,(H,52,63)(H,53,65)(H,54,64)(H,55,66)(H,56,68)(H,57,67)(H,58,69)/t29-,35+,36-,37+,38+,39+,40+/m1/s1. The van der Waals surface area contributed by atoms with Crippen LogP contribution in [0.5, 0.6) is 5.75 Å². The lowest BCUT2D eigenvalue weighted by Crippen LogP contribution is -2.60. The molecule has 1 fully saturated rings. The zero-order valence-electron chi connectivity index (χ0n) is 41.7. The summed E-state index contributed by atoms with van der Waals surface area (Å²) >= 11 is 1.93. The Morgan fingerprint density at radius 1 is 0.750 bits per heavy atom. The Morgan fingerprint density at radius 3 is 1.97 bits per heavy atom. The first-order valence-electron chi connectivity index (χ1n) is 23.8. The summed E-state index contributed by atoms with van der Waals surface area (Å²) in [5.41, 5.74) is 7.53. The lowest BCUT2D eigenvalue weighted by molar-refractivity contribution is -0.142. The largest absolute Gasteiger partial charge is 0.507 e. The molecule has 72 heavy (non-hydrogen) atoms. The van der Waals surface area contributed by atoms with E-state index in [9.17, 15) is 53.1 Å². The van der Waals surface area contributed by atoms with Crippen molar-refractivity contribution >= 4 is 81.4 Å². The fourth-order valence-corrected chi connectivity index (χ4v) is 8.23. The molecule has 1 aliphatic heterocycles. The quantitative estimate of drug-likeness (QED) is 0.0348. The number of phenols is 1. The third-order valence-electron chi connectivity index (χ3n) is 11.5. The van der Waals surface area contributed by atoms with E-state index >= 15 is 0 Å². The highest BCUT2D eigenvalue weighted by Crippen LogP contribution is 2.26. The highest BCUT2D eigenvalue weighted by atomic mass is 127. The van der Waals surface area contributed by atoms with E-state index in [2.05, 4.69) is 37.2 Å². The molecule has 2 aromatic rings. The number of halogens is 1. The molecule has 7 atom stereocenters. The van der Waals surface area contributed by atoms with E-state index in [0.717, 1.165) is 5.56 Å². The average Bonchev–Trinajstić information content (AvgIpc) is 3.74. The number of hydrogen-bond acceptors (Lipinski definition) is 14. The first kappa shape index (κ1) is 60.3. The number of ketones is 2. The molecule has 0 aliphatic carbocycles. The number of Topliss-reactive ketones (excluding diaryl/α,β-unsaturated/α-hetero) is 2. The number of nitrogens with zero attached hydrogens (tertiary/aromatic N) is 1. The van der Waals surface area contributed by atoms with Gasteiger partial charge in [0.05, 0.1) is 29.9 Å². The van der Waals surface area contributed by atoms with Gasteiger partial charge < -0.3 is 67.2 Å². The molecule has 10 N–H and O–H groups in total. The van der Waals surface area contributed by atoms with E-state index < -0.39 is 102 Å². The summed E-state index contributed by atoms with van der Waals surface area (Å²) in [6.45, 7) is 8.03. The van der Waals surface area contributed by atoms with Crippen molar-refractivity contribution in [2.45, 2.75) is 116 Å². The molecule has 0 saturated carbocycles. The second-order valence-electron chi connectivity index (χ2n) is 17.8. The van der Waals surface area contributed by atoms with Crippen molar-refractivity contribution in [3.63, 3.8) is 0 Å². The molecule has 0 bridgehead atoms. The van der Waals surface area contributed by atoms with Crippen molar-refractivity contribution in [2.24, 2.45) is 11.7 Å². The number of rotatable bonds is 30. The smallest absolute Gasteiger partial charge is 0.246 e. The molecule has 3 rings (SSSR count). The van der Waals surface area contributed by atoms with E-state index in [1.165, 1.54) is 31.9 Å². The summed E-state index contributed by atoms with van der Waals surface area (Å²) in [7, 11) is 1.41. The van der Waals surface area contributed by atoms with Gasteiger partial charge in [-0.05, 0) is 91.8 Å². The number of aryl methyl sites for hydroxylation is 1. The van der Waals surface area contributed by atoms with Gasteiger partial charge in [0.15, 0.2) is 0 Å². The molecule has 1 aliphatic rings. The van der Waals surface area contributed by atoms with Gasteiger partial charge in [-0.2, -0.15) is 0 Å². The van der Waals surface area contributed by atoms with Crippen LogP contribution in [0.15, 0.2) is 42.5 Å². The molecular formula is C49H70IN9O13. The zero-order chi connectivity index (χ0) is 53.5. The Hall–Kier alpha value is -6.05. The topological polar surface area (TPSA) is 323 Å². The molecule has 1 heterocycles. The Kier molecular flexibility index (Phi) is 25.7. The first-order valence-corrected chi connectivity index (χ1v) is 24.9. The van der Waals surface area contributed by atoms with Gasteiger partial charge in [0.1, 0.15) is 60.2 Å². The number of ether oxygens (including phenoxy) is 2. The minimum atomic E-state index is -1.41.